The van der Waals surface area contributed by atoms with Gasteiger partial charge in [-0.2, -0.15) is 4.31 Å². The normalized spacial score (nSPS) is 11.6. The molecule has 0 heterocycles. The van der Waals surface area contributed by atoms with Gasteiger partial charge in [-0.15, -0.1) is 0 Å². The number of methoxy groups -OCH3 is 1. The Balaban J connectivity index is 2.22. The fraction of sp³-hybridized carbons (Fsp3) is 0.200. The fourth-order valence-electron chi connectivity index (χ4n) is 1.92. The number of nitrogens with zero attached hydrogens (tertiary/aromatic N) is 1. The standard InChI is InChI=1S/C15H16FNO3S/c1-17(21(18,19)13-6-4-3-5-7-13)11-12-8-9-15(20-2)14(16)10-12/h3-10H,11H2,1-2H3. The molecule has 0 radical (unpaired) electrons. The summed E-state index contributed by atoms with van der Waals surface area (Å²) in [5.41, 5.74) is 0.551. The van der Waals surface area contributed by atoms with Crippen LogP contribution in [0.3, 0.4) is 0 Å². The van der Waals surface area contributed by atoms with Crippen molar-refractivity contribution in [1.82, 2.24) is 4.31 Å². The molecule has 0 atom stereocenters. The number of sulfonamides is 1. The van der Waals surface area contributed by atoms with Crippen LogP contribution in [0.4, 0.5) is 4.39 Å². The molecular formula is C15H16FNO3S. The van der Waals surface area contributed by atoms with Gasteiger partial charge in [0.15, 0.2) is 11.6 Å². The van der Waals surface area contributed by atoms with Crippen LogP contribution in [-0.4, -0.2) is 26.9 Å². The minimum atomic E-state index is -3.59. The lowest BCUT2D eigenvalue weighted by molar-refractivity contribution is 0.385. The molecule has 0 aliphatic heterocycles. The molecule has 6 heteroatoms. The van der Waals surface area contributed by atoms with E-state index in [2.05, 4.69) is 0 Å². The molecule has 0 unspecified atom stereocenters. The smallest absolute Gasteiger partial charge is 0.243 e. The number of benzene rings is 2. The molecular weight excluding hydrogens is 293 g/mol. The van der Waals surface area contributed by atoms with Crippen molar-refractivity contribution in [3.05, 3.63) is 59.9 Å². The summed E-state index contributed by atoms with van der Waals surface area (Å²) in [7, 11) is -0.744. The topological polar surface area (TPSA) is 46.6 Å². The Kier molecular flexibility index (Phi) is 4.59. The van der Waals surface area contributed by atoms with Crippen molar-refractivity contribution in [2.75, 3.05) is 14.2 Å². The monoisotopic (exact) mass is 309 g/mol. The number of hydrogen-bond donors (Lipinski definition) is 0. The van der Waals surface area contributed by atoms with Crippen LogP contribution in [0.1, 0.15) is 5.56 Å². The highest BCUT2D eigenvalue weighted by Gasteiger charge is 2.20. The van der Waals surface area contributed by atoms with E-state index in [9.17, 15) is 12.8 Å². The van der Waals surface area contributed by atoms with Gasteiger partial charge in [0.2, 0.25) is 10.0 Å². The van der Waals surface area contributed by atoms with Crippen molar-refractivity contribution in [3.63, 3.8) is 0 Å². The van der Waals surface area contributed by atoms with Crippen LogP contribution in [0.5, 0.6) is 5.75 Å². The summed E-state index contributed by atoms with van der Waals surface area (Å²) in [5.74, 6) is -0.382. The number of hydrogen-bond acceptors (Lipinski definition) is 3. The Labute approximate surface area is 123 Å². The molecule has 2 aromatic carbocycles. The minimum Gasteiger partial charge on any atom is -0.494 e. The molecule has 0 N–H and O–H groups in total. The number of ether oxygens (including phenoxy) is 1. The third-order valence-electron chi connectivity index (χ3n) is 3.07. The van der Waals surface area contributed by atoms with Gasteiger partial charge in [-0.25, -0.2) is 12.8 Å². The fourth-order valence-corrected chi connectivity index (χ4v) is 3.10. The molecule has 112 valence electrons. The summed E-state index contributed by atoms with van der Waals surface area (Å²) in [6, 6.07) is 12.5. The second-order valence-corrected chi connectivity index (χ2v) is 6.59. The third-order valence-corrected chi connectivity index (χ3v) is 4.89. The summed E-state index contributed by atoms with van der Waals surface area (Å²) in [6.45, 7) is 0.0815. The van der Waals surface area contributed by atoms with Gasteiger partial charge < -0.3 is 4.74 Å². The summed E-state index contributed by atoms with van der Waals surface area (Å²) >= 11 is 0. The SMILES string of the molecule is COc1ccc(CN(C)S(=O)(=O)c2ccccc2)cc1F. The zero-order chi connectivity index (χ0) is 15.5. The van der Waals surface area contributed by atoms with E-state index in [1.54, 1.807) is 24.3 Å². The van der Waals surface area contributed by atoms with Gasteiger partial charge >= 0.3 is 0 Å². The first-order valence-electron chi connectivity index (χ1n) is 6.29. The molecule has 4 nitrogen and oxygen atoms in total. The highest BCUT2D eigenvalue weighted by Crippen LogP contribution is 2.21. The molecule has 0 aliphatic rings. The van der Waals surface area contributed by atoms with Gasteiger partial charge in [0.1, 0.15) is 0 Å². The van der Waals surface area contributed by atoms with E-state index in [4.69, 9.17) is 4.74 Å². The van der Waals surface area contributed by atoms with Crippen molar-refractivity contribution in [2.24, 2.45) is 0 Å². The Morgan fingerprint density at radius 3 is 2.38 bits per heavy atom. The Morgan fingerprint density at radius 1 is 1.14 bits per heavy atom. The summed E-state index contributed by atoms with van der Waals surface area (Å²) in [4.78, 5) is 0.210. The highest BCUT2D eigenvalue weighted by molar-refractivity contribution is 7.89. The summed E-state index contributed by atoms with van der Waals surface area (Å²) in [5, 5.41) is 0. The Hall–Kier alpha value is -1.92. The van der Waals surface area contributed by atoms with Gasteiger partial charge in [0.25, 0.3) is 0 Å². The summed E-state index contributed by atoms with van der Waals surface area (Å²) in [6.07, 6.45) is 0. The van der Waals surface area contributed by atoms with Crippen molar-refractivity contribution in [3.8, 4) is 5.75 Å². The van der Waals surface area contributed by atoms with Gasteiger partial charge in [-0.05, 0) is 29.8 Å². The molecule has 2 aromatic rings. The zero-order valence-corrected chi connectivity index (χ0v) is 12.6. The molecule has 0 aromatic heterocycles. The molecule has 2 rings (SSSR count). The minimum absolute atomic E-state index is 0.0815. The maximum Gasteiger partial charge on any atom is 0.243 e. The van der Waals surface area contributed by atoms with Gasteiger partial charge in [0, 0.05) is 13.6 Å². The first kappa shape index (κ1) is 15.5. The van der Waals surface area contributed by atoms with Crippen LogP contribution in [0.2, 0.25) is 0 Å². The van der Waals surface area contributed by atoms with Gasteiger partial charge in [0.05, 0.1) is 12.0 Å². The molecule has 0 fully saturated rings. The maximum atomic E-state index is 13.6. The average Bonchev–Trinajstić information content (AvgIpc) is 2.48. The van der Waals surface area contributed by atoms with E-state index in [-0.39, 0.29) is 17.2 Å². The lowest BCUT2D eigenvalue weighted by Gasteiger charge is -2.17. The average molecular weight is 309 g/mol. The van der Waals surface area contributed by atoms with Crippen LogP contribution >= 0.6 is 0 Å². The van der Waals surface area contributed by atoms with Crippen molar-refractivity contribution >= 4 is 10.0 Å². The molecule has 0 aliphatic carbocycles. The molecule has 0 bridgehead atoms. The second kappa shape index (κ2) is 6.24. The number of rotatable bonds is 5. The first-order chi connectivity index (χ1) is 9.95. The second-order valence-electron chi connectivity index (χ2n) is 4.54. The molecule has 0 amide bonds. The quantitative estimate of drug-likeness (QED) is 0.853. The summed E-state index contributed by atoms with van der Waals surface area (Å²) < 4.78 is 44.4. The first-order valence-corrected chi connectivity index (χ1v) is 7.73. The highest BCUT2D eigenvalue weighted by atomic mass is 32.2. The van der Waals surface area contributed by atoms with Crippen LogP contribution in [-0.2, 0) is 16.6 Å². The predicted molar refractivity (Wildman–Crippen MR) is 78.0 cm³/mol. The Morgan fingerprint density at radius 2 is 1.81 bits per heavy atom. The van der Waals surface area contributed by atoms with Crippen LogP contribution in [0.25, 0.3) is 0 Å². The van der Waals surface area contributed by atoms with Gasteiger partial charge in [-0.1, -0.05) is 24.3 Å². The van der Waals surface area contributed by atoms with E-state index in [1.165, 1.54) is 42.7 Å². The van der Waals surface area contributed by atoms with Crippen LogP contribution < -0.4 is 4.74 Å². The van der Waals surface area contributed by atoms with Gasteiger partial charge in [-0.3, -0.25) is 0 Å². The van der Waals surface area contributed by atoms with E-state index in [1.807, 2.05) is 0 Å². The predicted octanol–water partition coefficient (Wildman–Crippen LogP) is 2.66. The largest absolute Gasteiger partial charge is 0.494 e. The van der Waals surface area contributed by atoms with Crippen molar-refractivity contribution in [1.29, 1.82) is 0 Å². The van der Waals surface area contributed by atoms with Crippen LogP contribution in [0.15, 0.2) is 53.4 Å². The zero-order valence-electron chi connectivity index (χ0n) is 11.8. The number of halogens is 1. The molecule has 21 heavy (non-hydrogen) atoms. The molecule has 0 spiro atoms. The third kappa shape index (κ3) is 3.40. The molecule has 0 saturated carbocycles. The van der Waals surface area contributed by atoms with Crippen LogP contribution in [0, 0.1) is 5.82 Å². The van der Waals surface area contributed by atoms with Crippen molar-refractivity contribution in [2.45, 2.75) is 11.4 Å². The lowest BCUT2D eigenvalue weighted by Crippen LogP contribution is -2.26. The van der Waals surface area contributed by atoms with E-state index < -0.39 is 15.8 Å². The van der Waals surface area contributed by atoms with E-state index in [0.29, 0.717) is 5.56 Å². The maximum absolute atomic E-state index is 13.6. The Bertz CT molecular complexity index is 717. The molecule has 0 saturated heterocycles. The van der Waals surface area contributed by atoms with Crippen molar-refractivity contribution < 1.29 is 17.5 Å². The lowest BCUT2D eigenvalue weighted by atomic mass is 10.2. The van der Waals surface area contributed by atoms with E-state index >= 15 is 0 Å². The van der Waals surface area contributed by atoms with E-state index in [0.717, 1.165) is 0 Å².